The van der Waals surface area contributed by atoms with Gasteiger partial charge in [0, 0.05) is 6.92 Å². The Bertz CT molecular complexity index is 460. The Kier molecular flexibility index (Phi) is 6.84. The summed E-state index contributed by atoms with van der Waals surface area (Å²) in [6.07, 6.45) is -6.00. The number of hydrogen-bond acceptors (Lipinski definition) is 8. The van der Waals surface area contributed by atoms with Gasteiger partial charge in [0.2, 0.25) is 11.8 Å². The number of nitrogens with two attached hydrogens (primary N) is 1. The number of carboxylic acid groups (broad SMARTS) is 1. The molecule has 1 rings (SSSR count). The van der Waals surface area contributed by atoms with E-state index in [1.54, 1.807) is 0 Å². The van der Waals surface area contributed by atoms with Crippen LogP contribution in [-0.4, -0.2) is 81.4 Å². The first kappa shape index (κ1) is 19.3. The molecule has 1 saturated heterocycles. The molecule has 0 aromatic carbocycles. The van der Waals surface area contributed by atoms with Crippen molar-refractivity contribution in [2.45, 2.75) is 50.0 Å². The molecule has 8 N–H and O–H groups in total. The molecule has 0 aliphatic carbocycles. The molecule has 0 radical (unpaired) electrons. The van der Waals surface area contributed by atoms with Gasteiger partial charge >= 0.3 is 5.97 Å². The second kappa shape index (κ2) is 8.17. The molecule has 1 fully saturated rings. The number of aliphatic hydroxyl groups excluding tert-OH is 3. The maximum Gasteiger partial charge on any atom is 0.321 e. The molecule has 11 nitrogen and oxygen atoms in total. The molecule has 1 heterocycles. The zero-order valence-corrected chi connectivity index (χ0v) is 12.4. The molecule has 0 aromatic heterocycles. The minimum atomic E-state index is -1.51. The second-order valence-electron chi connectivity index (χ2n) is 5.20. The number of ether oxygens (including phenoxy) is 1. The van der Waals surface area contributed by atoms with Crippen LogP contribution in [0.2, 0.25) is 0 Å². The first-order valence-electron chi connectivity index (χ1n) is 6.84. The lowest BCUT2D eigenvalue weighted by Gasteiger charge is -2.42. The van der Waals surface area contributed by atoms with E-state index in [0.717, 1.165) is 6.92 Å². The van der Waals surface area contributed by atoms with Crippen molar-refractivity contribution in [2.24, 2.45) is 5.73 Å². The number of aliphatic hydroxyl groups is 3. The third kappa shape index (κ3) is 5.11. The monoisotopic (exact) mass is 335 g/mol. The van der Waals surface area contributed by atoms with E-state index >= 15 is 0 Å². The number of rotatable bonds is 6. The Morgan fingerprint density at radius 3 is 2.30 bits per heavy atom. The highest BCUT2D eigenvalue weighted by Crippen LogP contribution is 2.20. The van der Waals surface area contributed by atoms with Crippen molar-refractivity contribution in [3.8, 4) is 0 Å². The normalized spacial score (nSPS) is 32.0. The highest BCUT2D eigenvalue weighted by molar-refractivity contribution is 5.84. The fourth-order valence-corrected chi connectivity index (χ4v) is 2.14. The molecule has 23 heavy (non-hydrogen) atoms. The van der Waals surface area contributed by atoms with Gasteiger partial charge in [-0.25, -0.2) is 0 Å². The van der Waals surface area contributed by atoms with E-state index in [-0.39, 0.29) is 0 Å². The van der Waals surface area contributed by atoms with Crippen LogP contribution in [-0.2, 0) is 19.1 Å². The Morgan fingerprint density at radius 1 is 1.22 bits per heavy atom. The van der Waals surface area contributed by atoms with E-state index in [9.17, 15) is 24.6 Å². The van der Waals surface area contributed by atoms with Crippen LogP contribution in [0.1, 0.15) is 13.3 Å². The van der Waals surface area contributed by atoms with Crippen molar-refractivity contribution >= 4 is 17.8 Å². The van der Waals surface area contributed by atoms with Gasteiger partial charge in [0.25, 0.3) is 0 Å². The van der Waals surface area contributed by atoms with Gasteiger partial charge in [-0.1, -0.05) is 0 Å². The number of amides is 2. The van der Waals surface area contributed by atoms with E-state index in [4.69, 9.17) is 20.7 Å². The molecule has 11 heteroatoms. The zero-order valence-electron chi connectivity index (χ0n) is 12.4. The van der Waals surface area contributed by atoms with Gasteiger partial charge in [-0.3, -0.25) is 14.4 Å². The van der Waals surface area contributed by atoms with Crippen LogP contribution in [0.3, 0.4) is 0 Å². The molecule has 2 amide bonds. The van der Waals surface area contributed by atoms with Crippen molar-refractivity contribution in [3.63, 3.8) is 0 Å². The predicted octanol–water partition coefficient (Wildman–Crippen LogP) is -4.15. The smallest absolute Gasteiger partial charge is 0.321 e. The maximum absolute atomic E-state index is 11.8. The van der Waals surface area contributed by atoms with Crippen LogP contribution in [0.4, 0.5) is 0 Å². The van der Waals surface area contributed by atoms with Crippen LogP contribution < -0.4 is 16.4 Å². The van der Waals surface area contributed by atoms with Crippen LogP contribution in [0.15, 0.2) is 0 Å². The van der Waals surface area contributed by atoms with Crippen molar-refractivity contribution in [2.75, 3.05) is 6.61 Å². The first-order valence-corrected chi connectivity index (χ1v) is 6.84. The lowest BCUT2D eigenvalue weighted by Crippen LogP contribution is -2.68. The predicted molar refractivity (Wildman–Crippen MR) is 73.7 cm³/mol. The molecule has 132 valence electrons. The summed E-state index contributed by atoms with van der Waals surface area (Å²) in [6.45, 7) is 0.530. The summed E-state index contributed by atoms with van der Waals surface area (Å²) in [5.41, 5.74) is 5.24. The summed E-state index contributed by atoms with van der Waals surface area (Å²) in [6, 6.07) is -2.61. The number of carbonyl (C=O) groups is 3. The number of aliphatic carboxylic acids is 1. The fourth-order valence-electron chi connectivity index (χ4n) is 2.14. The highest BCUT2D eigenvalue weighted by atomic mass is 16.5. The van der Waals surface area contributed by atoms with Gasteiger partial charge in [0.05, 0.1) is 13.0 Å². The number of carboxylic acids is 1. The van der Waals surface area contributed by atoms with Gasteiger partial charge in [-0.2, -0.15) is 0 Å². The minimum Gasteiger partial charge on any atom is -0.480 e. The van der Waals surface area contributed by atoms with Gasteiger partial charge in [-0.05, 0) is 0 Å². The van der Waals surface area contributed by atoms with Gasteiger partial charge in [0.15, 0.2) is 6.23 Å². The summed E-state index contributed by atoms with van der Waals surface area (Å²) in [5.74, 6) is -2.71. The molecule has 0 spiro atoms. The van der Waals surface area contributed by atoms with Crippen LogP contribution in [0.25, 0.3) is 0 Å². The number of carbonyl (C=O) groups excluding carboxylic acids is 2. The van der Waals surface area contributed by atoms with Crippen molar-refractivity contribution in [3.05, 3.63) is 0 Å². The minimum absolute atomic E-state index is 0.547. The molecule has 0 unspecified atom stereocenters. The van der Waals surface area contributed by atoms with E-state index in [1.807, 2.05) is 0 Å². The van der Waals surface area contributed by atoms with E-state index in [0.29, 0.717) is 0 Å². The van der Waals surface area contributed by atoms with E-state index in [1.165, 1.54) is 0 Å². The first-order chi connectivity index (χ1) is 10.7. The standard InChI is InChI=1S/C12H21N3O8/c1-4(17)14-8-10(20)9(19)6(3-16)23-11(8)15-7(18)2-5(13)12(21)22/h5-6,8-11,16,19-20H,2-3,13H2,1H3,(H,14,17)(H,15,18)(H,21,22)/t5-,6+,8+,9-,10+,11-/m0/s1. The van der Waals surface area contributed by atoms with Crippen molar-refractivity contribution in [1.82, 2.24) is 10.6 Å². The third-order valence-electron chi connectivity index (χ3n) is 3.32. The van der Waals surface area contributed by atoms with E-state index < -0.39 is 67.4 Å². The maximum atomic E-state index is 11.8. The summed E-state index contributed by atoms with van der Waals surface area (Å²) < 4.78 is 5.25. The third-order valence-corrected chi connectivity index (χ3v) is 3.32. The van der Waals surface area contributed by atoms with Crippen LogP contribution in [0, 0.1) is 0 Å². The molecule has 0 saturated carbocycles. The lowest BCUT2D eigenvalue weighted by molar-refractivity contribution is -0.203. The second-order valence-corrected chi connectivity index (χ2v) is 5.20. The van der Waals surface area contributed by atoms with Crippen molar-refractivity contribution < 1.29 is 39.5 Å². The molecular weight excluding hydrogens is 314 g/mol. The number of nitrogens with one attached hydrogen (secondary N) is 2. The van der Waals surface area contributed by atoms with Crippen molar-refractivity contribution in [1.29, 1.82) is 0 Å². The van der Waals surface area contributed by atoms with E-state index in [2.05, 4.69) is 10.6 Å². The quantitative estimate of drug-likeness (QED) is 0.252. The Morgan fingerprint density at radius 2 is 1.83 bits per heavy atom. The summed E-state index contributed by atoms with van der Waals surface area (Å²) in [5, 5.41) is 42.2. The summed E-state index contributed by atoms with van der Waals surface area (Å²) >= 11 is 0. The molecular formula is C12H21N3O8. The molecule has 1 aliphatic heterocycles. The molecule has 0 bridgehead atoms. The molecule has 0 aromatic rings. The highest BCUT2D eigenvalue weighted by Gasteiger charge is 2.45. The average molecular weight is 335 g/mol. The largest absolute Gasteiger partial charge is 0.480 e. The summed E-state index contributed by atoms with van der Waals surface area (Å²) in [4.78, 5) is 33.6. The fraction of sp³-hybridized carbons (Fsp3) is 0.750. The van der Waals surface area contributed by atoms with Crippen LogP contribution in [0.5, 0.6) is 0 Å². The SMILES string of the molecule is CC(=O)N[C@@H]1[C@@H](O)[C@@H](O)[C@@H](CO)O[C@@H]1NC(=O)C[C@H](N)C(=O)O. The average Bonchev–Trinajstić information content (AvgIpc) is 2.46. The van der Waals surface area contributed by atoms with Gasteiger partial charge in [-0.15, -0.1) is 0 Å². The summed E-state index contributed by atoms with van der Waals surface area (Å²) in [7, 11) is 0. The topological polar surface area (TPSA) is 191 Å². The number of hydrogen-bond donors (Lipinski definition) is 7. The van der Waals surface area contributed by atoms with Gasteiger partial charge in [0.1, 0.15) is 30.4 Å². The lowest BCUT2D eigenvalue weighted by atomic mass is 9.95. The molecule has 1 aliphatic rings. The Labute approximate surface area is 131 Å². The Hall–Kier alpha value is -1.79. The zero-order chi connectivity index (χ0) is 17.7. The molecule has 6 atom stereocenters. The Balaban J connectivity index is 2.82. The van der Waals surface area contributed by atoms with Gasteiger partial charge < -0.3 is 41.5 Å². The van der Waals surface area contributed by atoms with Crippen LogP contribution >= 0.6 is 0 Å².